The molecule has 0 radical (unpaired) electrons. The standard InChI is InChI=1S/C23H22N2O3S2/c1-12-7-13(2)15(4)17(14(12)3)10-25-18-8-16(5-6-19(18)28-11-21(25)26)9-20-22(27)24-23(29)30-20/h5-9H,10-11H2,1-4H3,(H,24,27,29). The maximum Gasteiger partial charge on any atom is 0.265 e. The molecule has 2 aliphatic rings. The van der Waals surface area contributed by atoms with Gasteiger partial charge >= 0.3 is 0 Å². The molecule has 0 saturated carbocycles. The van der Waals surface area contributed by atoms with E-state index in [1.165, 1.54) is 34.0 Å². The lowest BCUT2D eigenvalue weighted by Gasteiger charge is -2.31. The number of anilines is 1. The summed E-state index contributed by atoms with van der Waals surface area (Å²) >= 11 is 6.29. The third-order valence-corrected chi connectivity index (χ3v) is 6.87. The Kier molecular flexibility index (Phi) is 5.42. The largest absolute Gasteiger partial charge is 0.482 e. The molecule has 154 valence electrons. The zero-order chi connectivity index (χ0) is 21.6. The number of aryl methyl sites for hydroxylation is 2. The summed E-state index contributed by atoms with van der Waals surface area (Å²) in [5.41, 5.74) is 7.52. The van der Waals surface area contributed by atoms with Crippen LogP contribution in [0.2, 0.25) is 0 Å². The molecule has 0 aromatic heterocycles. The molecule has 0 bridgehead atoms. The summed E-state index contributed by atoms with van der Waals surface area (Å²) in [6, 6.07) is 7.80. The van der Waals surface area contributed by atoms with E-state index in [2.05, 4.69) is 39.1 Å². The van der Waals surface area contributed by atoms with Gasteiger partial charge in [0.1, 0.15) is 10.1 Å². The van der Waals surface area contributed by atoms with Crippen molar-refractivity contribution in [3.05, 3.63) is 62.6 Å². The molecule has 2 aromatic carbocycles. The summed E-state index contributed by atoms with van der Waals surface area (Å²) in [5, 5.41) is 2.62. The van der Waals surface area contributed by atoms with Crippen molar-refractivity contribution in [3.8, 4) is 5.75 Å². The molecule has 0 spiro atoms. The van der Waals surface area contributed by atoms with Crippen molar-refractivity contribution in [2.75, 3.05) is 11.5 Å². The van der Waals surface area contributed by atoms with E-state index in [-0.39, 0.29) is 18.4 Å². The number of carbonyl (C=O) groups is 2. The second-order valence-corrected chi connectivity index (χ2v) is 9.31. The van der Waals surface area contributed by atoms with Crippen LogP contribution in [0.15, 0.2) is 29.2 Å². The summed E-state index contributed by atoms with van der Waals surface area (Å²) in [4.78, 5) is 27.1. The van der Waals surface area contributed by atoms with Crippen LogP contribution in [-0.2, 0) is 16.1 Å². The Bertz CT molecular complexity index is 1110. The Labute approximate surface area is 185 Å². The molecule has 0 unspecified atom stereocenters. The molecule has 4 rings (SSSR count). The predicted molar refractivity (Wildman–Crippen MR) is 125 cm³/mol. The van der Waals surface area contributed by atoms with E-state index in [1.54, 1.807) is 11.0 Å². The van der Waals surface area contributed by atoms with E-state index in [0.717, 1.165) is 11.1 Å². The number of thioether (sulfide) groups is 1. The molecule has 0 aliphatic carbocycles. The second-order valence-electron chi connectivity index (χ2n) is 7.59. The van der Waals surface area contributed by atoms with Crippen LogP contribution in [0, 0.1) is 27.7 Å². The fourth-order valence-electron chi connectivity index (χ4n) is 3.75. The number of rotatable bonds is 3. The van der Waals surface area contributed by atoms with Gasteiger partial charge in [-0.25, -0.2) is 0 Å². The van der Waals surface area contributed by atoms with Crippen molar-refractivity contribution in [2.45, 2.75) is 34.2 Å². The minimum Gasteiger partial charge on any atom is -0.482 e. The van der Waals surface area contributed by atoms with Crippen LogP contribution in [0.5, 0.6) is 5.75 Å². The SMILES string of the molecule is Cc1cc(C)c(C)c(CN2C(=O)COc3ccc(C=C4SC(=S)NC4=O)cc32)c1C. The van der Waals surface area contributed by atoms with Crippen molar-refractivity contribution in [1.82, 2.24) is 5.32 Å². The van der Waals surface area contributed by atoms with Crippen LogP contribution in [0.3, 0.4) is 0 Å². The Morgan fingerprint density at radius 3 is 2.47 bits per heavy atom. The van der Waals surface area contributed by atoms with Crippen molar-refractivity contribution in [2.24, 2.45) is 0 Å². The van der Waals surface area contributed by atoms with E-state index in [9.17, 15) is 9.59 Å². The predicted octanol–water partition coefficient (Wildman–Crippen LogP) is 4.33. The first kappa shape index (κ1) is 20.6. The maximum atomic E-state index is 12.8. The molecule has 7 heteroatoms. The highest BCUT2D eigenvalue weighted by molar-refractivity contribution is 8.26. The zero-order valence-electron chi connectivity index (χ0n) is 17.3. The highest BCUT2D eigenvalue weighted by Crippen LogP contribution is 2.36. The fraction of sp³-hybridized carbons (Fsp3) is 0.261. The van der Waals surface area contributed by atoms with Gasteiger partial charge in [-0.05, 0) is 79.3 Å². The molecule has 2 amide bonds. The van der Waals surface area contributed by atoms with Gasteiger partial charge in [-0.3, -0.25) is 9.59 Å². The number of amides is 2. The van der Waals surface area contributed by atoms with Gasteiger partial charge in [0.25, 0.3) is 11.8 Å². The summed E-state index contributed by atoms with van der Waals surface area (Å²) in [6.07, 6.45) is 1.78. The summed E-state index contributed by atoms with van der Waals surface area (Å²) in [6.45, 7) is 8.89. The number of benzene rings is 2. The topological polar surface area (TPSA) is 58.6 Å². The third-order valence-electron chi connectivity index (χ3n) is 5.70. The first-order valence-corrected chi connectivity index (χ1v) is 10.9. The number of ether oxygens (including phenoxy) is 1. The first-order chi connectivity index (χ1) is 14.2. The van der Waals surface area contributed by atoms with E-state index >= 15 is 0 Å². The number of nitrogens with zero attached hydrogens (tertiary/aromatic N) is 1. The Morgan fingerprint density at radius 1 is 1.13 bits per heavy atom. The van der Waals surface area contributed by atoms with Crippen molar-refractivity contribution >= 4 is 51.9 Å². The molecule has 0 atom stereocenters. The Balaban J connectivity index is 1.74. The molecule has 2 aliphatic heterocycles. The molecule has 1 N–H and O–H groups in total. The van der Waals surface area contributed by atoms with Crippen molar-refractivity contribution in [1.29, 1.82) is 0 Å². The van der Waals surface area contributed by atoms with E-state index in [0.29, 0.717) is 27.2 Å². The van der Waals surface area contributed by atoms with Crippen LogP contribution in [0.25, 0.3) is 6.08 Å². The molecule has 5 nitrogen and oxygen atoms in total. The monoisotopic (exact) mass is 438 g/mol. The lowest BCUT2D eigenvalue weighted by Crippen LogP contribution is -2.38. The lowest BCUT2D eigenvalue weighted by atomic mass is 9.93. The lowest BCUT2D eigenvalue weighted by molar-refractivity contribution is -0.121. The van der Waals surface area contributed by atoms with Gasteiger partial charge < -0.3 is 15.0 Å². The molecule has 2 aromatic rings. The van der Waals surface area contributed by atoms with Gasteiger partial charge in [-0.2, -0.15) is 0 Å². The number of hydrogen-bond donors (Lipinski definition) is 1. The molecule has 1 saturated heterocycles. The minimum absolute atomic E-state index is 0.0167. The van der Waals surface area contributed by atoms with Crippen LogP contribution in [0.4, 0.5) is 5.69 Å². The maximum absolute atomic E-state index is 12.8. The molecular formula is C23H22N2O3S2. The van der Waals surface area contributed by atoms with Gasteiger partial charge in [0.15, 0.2) is 6.61 Å². The van der Waals surface area contributed by atoms with Crippen molar-refractivity contribution in [3.63, 3.8) is 0 Å². The minimum atomic E-state index is -0.201. The number of carbonyl (C=O) groups excluding carboxylic acids is 2. The van der Waals surface area contributed by atoms with Gasteiger partial charge in [-0.1, -0.05) is 36.1 Å². The average molecular weight is 439 g/mol. The Hall–Kier alpha value is -2.64. The summed E-state index contributed by atoms with van der Waals surface area (Å²) < 4.78 is 6.11. The molecule has 1 fully saturated rings. The van der Waals surface area contributed by atoms with Crippen molar-refractivity contribution < 1.29 is 14.3 Å². The molecular weight excluding hydrogens is 416 g/mol. The normalized spacial score (nSPS) is 17.3. The quantitative estimate of drug-likeness (QED) is 0.571. The number of nitrogens with one attached hydrogen (secondary N) is 1. The zero-order valence-corrected chi connectivity index (χ0v) is 18.9. The molecule has 2 heterocycles. The number of thiocarbonyl (C=S) groups is 1. The van der Waals surface area contributed by atoms with E-state index < -0.39 is 0 Å². The van der Waals surface area contributed by atoms with E-state index in [4.69, 9.17) is 17.0 Å². The van der Waals surface area contributed by atoms with E-state index in [1.807, 2.05) is 18.2 Å². The van der Waals surface area contributed by atoms with Gasteiger partial charge in [0.2, 0.25) is 0 Å². The van der Waals surface area contributed by atoms with Crippen LogP contribution >= 0.6 is 24.0 Å². The summed E-state index contributed by atoms with van der Waals surface area (Å²) in [7, 11) is 0. The smallest absolute Gasteiger partial charge is 0.265 e. The average Bonchev–Trinajstić information content (AvgIpc) is 3.02. The number of hydrogen-bond acceptors (Lipinski definition) is 5. The van der Waals surface area contributed by atoms with Gasteiger partial charge in [0, 0.05) is 0 Å². The highest BCUT2D eigenvalue weighted by Gasteiger charge is 2.28. The van der Waals surface area contributed by atoms with Gasteiger partial charge in [-0.15, -0.1) is 0 Å². The fourth-order valence-corrected chi connectivity index (χ4v) is 4.79. The number of fused-ring (bicyclic) bond motifs is 1. The summed E-state index contributed by atoms with van der Waals surface area (Å²) in [5.74, 6) is 0.378. The highest BCUT2D eigenvalue weighted by atomic mass is 32.2. The third kappa shape index (κ3) is 3.75. The Morgan fingerprint density at radius 2 is 1.83 bits per heavy atom. The van der Waals surface area contributed by atoms with Crippen LogP contribution < -0.4 is 15.0 Å². The van der Waals surface area contributed by atoms with Crippen LogP contribution in [0.1, 0.15) is 33.4 Å². The van der Waals surface area contributed by atoms with Gasteiger partial charge in [0.05, 0.1) is 17.1 Å². The first-order valence-electron chi connectivity index (χ1n) is 9.63. The van der Waals surface area contributed by atoms with Crippen LogP contribution in [-0.4, -0.2) is 22.7 Å². The molecule has 30 heavy (non-hydrogen) atoms. The second kappa shape index (κ2) is 7.89.